The number of carbonyl (C=O) groups is 1. The van der Waals surface area contributed by atoms with E-state index in [1.807, 2.05) is 20.8 Å². The minimum Gasteiger partial charge on any atom is -0.267 e. The highest BCUT2D eigenvalue weighted by Crippen LogP contribution is 2.07. The molecule has 1 rings (SSSR count). The lowest BCUT2D eigenvalue weighted by atomic mass is 9.99. The first-order chi connectivity index (χ1) is 6.99. The third-order valence-electron chi connectivity index (χ3n) is 1.56. The van der Waals surface area contributed by atoms with Crippen LogP contribution in [0, 0.1) is 5.41 Å². The zero-order valence-electron chi connectivity index (χ0n) is 9.19. The van der Waals surface area contributed by atoms with E-state index in [0.717, 1.165) is 0 Å². The SMILES string of the molecule is CC(C)(C)C=NNC(=O)c1ccncc1. The van der Waals surface area contributed by atoms with Crippen molar-refractivity contribution < 1.29 is 4.79 Å². The third kappa shape index (κ3) is 4.35. The van der Waals surface area contributed by atoms with Gasteiger partial charge in [-0.05, 0) is 17.5 Å². The maximum Gasteiger partial charge on any atom is 0.271 e. The molecule has 15 heavy (non-hydrogen) atoms. The maximum atomic E-state index is 11.5. The number of hydrazone groups is 1. The van der Waals surface area contributed by atoms with Crippen LogP contribution in [0.3, 0.4) is 0 Å². The van der Waals surface area contributed by atoms with Crippen LogP contribution in [0.1, 0.15) is 31.1 Å². The van der Waals surface area contributed by atoms with Crippen molar-refractivity contribution in [3.8, 4) is 0 Å². The lowest BCUT2D eigenvalue weighted by molar-refractivity contribution is 0.0954. The highest BCUT2D eigenvalue weighted by atomic mass is 16.2. The summed E-state index contributed by atoms with van der Waals surface area (Å²) in [5, 5.41) is 3.87. The van der Waals surface area contributed by atoms with Crippen molar-refractivity contribution in [1.29, 1.82) is 0 Å². The molecule has 0 aliphatic rings. The zero-order valence-corrected chi connectivity index (χ0v) is 9.19. The highest BCUT2D eigenvalue weighted by Gasteiger charge is 2.06. The number of nitrogens with zero attached hydrogens (tertiary/aromatic N) is 2. The van der Waals surface area contributed by atoms with Crippen molar-refractivity contribution >= 4 is 12.1 Å². The van der Waals surface area contributed by atoms with Gasteiger partial charge in [-0.25, -0.2) is 5.43 Å². The summed E-state index contributed by atoms with van der Waals surface area (Å²) in [7, 11) is 0. The molecular weight excluding hydrogens is 190 g/mol. The molecule has 0 spiro atoms. The lowest BCUT2D eigenvalue weighted by Crippen LogP contribution is -2.19. The van der Waals surface area contributed by atoms with Crippen LogP contribution in [0.25, 0.3) is 0 Å². The Kier molecular flexibility index (Phi) is 3.55. The van der Waals surface area contributed by atoms with Crippen LogP contribution < -0.4 is 5.43 Å². The molecule has 80 valence electrons. The minimum atomic E-state index is -0.224. The fourth-order valence-electron chi connectivity index (χ4n) is 0.852. The van der Waals surface area contributed by atoms with E-state index in [1.54, 1.807) is 30.7 Å². The van der Waals surface area contributed by atoms with E-state index in [-0.39, 0.29) is 11.3 Å². The number of carbonyl (C=O) groups excluding carboxylic acids is 1. The number of hydrogen-bond acceptors (Lipinski definition) is 3. The van der Waals surface area contributed by atoms with Crippen molar-refractivity contribution in [3.05, 3.63) is 30.1 Å². The van der Waals surface area contributed by atoms with Gasteiger partial charge in [-0.15, -0.1) is 0 Å². The molecule has 0 fully saturated rings. The van der Waals surface area contributed by atoms with E-state index in [1.165, 1.54) is 0 Å². The van der Waals surface area contributed by atoms with Gasteiger partial charge in [0.25, 0.3) is 5.91 Å². The summed E-state index contributed by atoms with van der Waals surface area (Å²) in [6.45, 7) is 6.03. The van der Waals surface area contributed by atoms with Crippen LogP contribution in [-0.4, -0.2) is 17.1 Å². The Balaban J connectivity index is 2.55. The van der Waals surface area contributed by atoms with Gasteiger partial charge in [-0.1, -0.05) is 20.8 Å². The molecule has 0 atom stereocenters. The van der Waals surface area contributed by atoms with Gasteiger partial charge in [0.1, 0.15) is 0 Å². The predicted molar refractivity (Wildman–Crippen MR) is 59.7 cm³/mol. The Labute approximate surface area is 89.4 Å². The molecule has 1 heterocycles. The molecule has 0 aromatic carbocycles. The summed E-state index contributed by atoms with van der Waals surface area (Å²) < 4.78 is 0. The Morgan fingerprint density at radius 3 is 2.53 bits per heavy atom. The van der Waals surface area contributed by atoms with Crippen LogP contribution in [0.2, 0.25) is 0 Å². The Hall–Kier alpha value is -1.71. The van der Waals surface area contributed by atoms with E-state index < -0.39 is 0 Å². The largest absolute Gasteiger partial charge is 0.271 e. The van der Waals surface area contributed by atoms with E-state index in [9.17, 15) is 4.79 Å². The van der Waals surface area contributed by atoms with Gasteiger partial charge in [-0.2, -0.15) is 5.10 Å². The lowest BCUT2D eigenvalue weighted by Gasteiger charge is -2.09. The number of pyridine rings is 1. The number of rotatable bonds is 2. The molecule has 0 aliphatic heterocycles. The predicted octanol–water partition coefficient (Wildman–Crippen LogP) is 1.84. The summed E-state index contributed by atoms with van der Waals surface area (Å²) >= 11 is 0. The van der Waals surface area contributed by atoms with Crippen molar-refractivity contribution in [2.75, 3.05) is 0 Å². The summed E-state index contributed by atoms with van der Waals surface area (Å²) in [5.41, 5.74) is 2.97. The van der Waals surface area contributed by atoms with Gasteiger partial charge in [0.15, 0.2) is 0 Å². The van der Waals surface area contributed by atoms with Gasteiger partial charge >= 0.3 is 0 Å². The first-order valence-electron chi connectivity index (χ1n) is 4.74. The molecule has 1 aromatic heterocycles. The fourth-order valence-corrected chi connectivity index (χ4v) is 0.852. The zero-order chi connectivity index (χ0) is 11.3. The normalized spacial score (nSPS) is 11.7. The molecule has 1 amide bonds. The fraction of sp³-hybridized carbons (Fsp3) is 0.364. The van der Waals surface area contributed by atoms with Gasteiger partial charge in [0.2, 0.25) is 0 Å². The first-order valence-corrected chi connectivity index (χ1v) is 4.74. The van der Waals surface area contributed by atoms with Gasteiger partial charge < -0.3 is 0 Å². The Morgan fingerprint density at radius 2 is 2.00 bits per heavy atom. The van der Waals surface area contributed by atoms with Crippen molar-refractivity contribution in [3.63, 3.8) is 0 Å². The van der Waals surface area contributed by atoms with E-state index in [4.69, 9.17) is 0 Å². The van der Waals surface area contributed by atoms with Gasteiger partial charge in [0, 0.05) is 24.2 Å². The van der Waals surface area contributed by atoms with E-state index in [0.29, 0.717) is 5.56 Å². The second-order valence-corrected chi connectivity index (χ2v) is 4.30. The van der Waals surface area contributed by atoms with Crippen molar-refractivity contribution in [1.82, 2.24) is 10.4 Å². The number of amides is 1. The molecule has 4 nitrogen and oxygen atoms in total. The van der Waals surface area contributed by atoms with E-state index >= 15 is 0 Å². The molecule has 4 heteroatoms. The van der Waals surface area contributed by atoms with Crippen molar-refractivity contribution in [2.45, 2.75) is 20.8 Å². The maximum absolute atomic E-state index is 11.5. The minimum absolute atomic E-state index is 0.0362. The molecule has 1 aromatic rings. The molecule has 0 aliphatic carbocycles. The summed E-state index contributed by atoms with van der Waals surface area (Å²) in [6.07, 6.45) is 4.84. The summed E-state index contributed by atoms with van der Waals surface area (Å²) in [5.74, 6) is -0.224. The molecule has 0 radical (unpaired) electrons. The summed E-state index contributed by atoms with van der Waals surface area (Å²) in [4.78, 5) is 15.3. The molecule has 0 saturated carbocycles. The highest BCUT2D eigenvalue weighted by molar-refractivity contribution is 5.94. The number of aromatic nitrogens is 1. The van der Waals surface area contributed by atoms with Crippen LogP contribution >= 0.6 is 0 Å². The van der Waals surface area contributed by atoms with Crippen molar-refractivity contribution in [2.24, 2.45) is 10.5 Å². The topological polar surface area (TPSA) is 54.4 Å². The molecule has 0 unspecified atom stereocenters. The van der Waals surface area contributed by atoms with Gasteiger partial charge in [0.05, 0.1) is 0 Å². The standard InChI is InChI=1S/C11H15N3O/c1-11(2,3)8-13-14-10(15)9-4-6-12-7-5-9/h4-8H,1-3H3,(H,14,15). The Morgan fingerprint density at radius 1 is 1.40 bits per heavy atom. The molecular formula is C11H15N3O. The average Bonchev–Trinajstić information content (AvgIpc) is 2.17. The quantitative estimate of drug-likeness (QED) is 0.591. The van der Waals surface area contributed by atoms with Gasteiger partial charge in [-0.3, -0.25) is 9.78 Å². The number of hydrogen-bond donors (Lipinski definition) is 1. The molecule has 1 N–H and O–H groups in total. The van der Waals surface area contributed by atoms with Crippen LogP contribution in [0.4, 0.5) is 0 Å². The summed E-state index contributed by atoms with van der Waals surface area (Å²) in [6, 6.07) is 3.28. The van der Waals surface area contributed by atoms with Crippen LogP contribution in [0.15, 0.2) is 29.6 Å². The average molecular weight is 205 g/mol. The first kappa shape index (κ1) is 11.4. The second kappa shape index (κ2) is 4.68. The van der Waals surface area contributed by atoms with Crippen LogP contribution in [-0.2, 0) is 0 Å². The molecule has 0 bridgehead atoms. The smallest absolute Gasteiger partial charge is 0.267 e. The second-order valence-electron chi connectivity index (χ2n) is 4.30. The number of nitrogens with one attached hydrogen (secondary N) is 1. The Bertz CT molecular complexity index is 352. The molecule has 0 saturated heterocycles. The van der Waals surface area contributed by atoms with Crippen LogP contribution in [0.5, 0.6) is 0 Å². The van der Waals surface area contributed by atoms with E-state index in [2.05, 4.69) is 15.5 Å². The third-order valence-corrected chi connectivity index (χ3v) is 1.56. The monoisotopic (exact) mass is 205 g/mol.